The summed E-state index contributed by atoms with van der Waals surface area (Å²) in [5, 5.41) is 9.43. The van der Waals surface area contributed by atoms with Crippen LogP contribution < -0.4 is 0 Å². The predicted octanol–water partition coefficient (Wildman–Crippen LogP) is 4.98. The summed E-state index contributed by atoms with van der Waals surface area (Å²) in [6.45, 7) is 1.18. The van der Waals surface area contributed by atoms with Gasteiger partial charge in [-0.1, -0.05) is 42.5 Å². The van der Waals surface area contributed by atoms with Crippen LogP contribution in [0.4, 0.5) is 0 Å². The van der Waals surface area contributed by atoms with E-state index in [1.807, 2.05) is 12.1 Å². The maximum atomic E-state index is 9.43. The molecule has 1 N–H and O–H groups in total. The van der Waals surface area contributed by atoms with Crippen LogP contribution in [0.2, 0.25) is 0 Å². The minimum atomic E-state index is 0.366. The van der Waals surface area contributed by atoms with Crippen LogP contribution in [0, 0.1) is 0 Å². The molecule has 0 heterocycles. The van der Waals surface area contributed by atoms with Crippen LogP contribution in [0.5, 0.6) is 5.75 Å². The molecule has 2 heteroatoms. The first kappa shape index (κ1) is 17.0. The molecular formula is C22H29NO. The highest BCUT2D eigenvalue weighted by atomic mass is 16.3. The van der Waals surface area contributed by atoms with Crippen LogP contribution in [0.15, 0.2) is 54.6 Å². The summed E-state index contributed by atoms with van der Waals surface area (Å²) in [5.41, 5.74) is 2.83. The highest BCUT2D eigenvalue weighted by molar-refractivity contribution is 5.28. The van der Waals surface area contributed by atoms with Gasteiger partial charge in [-0.3, -0.25) is 0 Å². The average Bonchev–Trinajstić information content (AvgIpc) is 2.63. The van der Waals surface area contributed by atoms with Crippen molar-refractivity contribution in [3.05, 3.63) is 65.7 Å². The van der Waals surface area contributed by atoms with Gasteiger partial charge in [0.2, 0.25) is 0 Å². The SMILES string of the molecule is CN(CCCc1ccccc1)[C@H]1CC[C@@H](c2ccc(O)cc2)CC1. The van der Waals surface area contributed by atoms with Gasteiger partial charge in [0.25, 0.3) is 0 Å². The molecule has 0 aromatic heterocycles. The Morgan fingerprint density at radius 2 is 1.58 bits per heavy atom. The summed E-state index contributed by atoms with van der Waals surface area (Å²) in [6.07, 6.45) is 7.50. The van der Waals surface area contributed by atoms with Crippen LogP contribution in [-0.2, 0) is 6.42 Å². The zero-order valence-corrected chi connectivity index (χ0v) is 14.7. The second kappa shape index (κ2) is 8.34. The van der Waals surface area contributed by atoms with E-state index >= 15 is 0 Å². The van der Waals surface area contributed by atoms with Gasteiger partial charge in [-0.25, -0.2) is 0 Å². The van der Waals surface area contributed by atoms with Gasteiger partial charge in [-0.15, -0.1) is 0 Å². The molecule has 1 saturated carbocycles. The molecule has 1 aliphatic rings. The molecule has 0 aliphatic heterocycles. The van der Waals surface area contributed by atoms with E-state index in [0.29, 0.717) is 11.7 Å². The van der Waals surface area contributed by atoms with E-state index < -0.39 is 0 Å². The van der Waals surface area contributed by atoms with Crippen molar-refractivity contribution in [2.24, 2.45) is 0 Å². The van der Waals surface area contributed by atoms with Crippen LogP contribution in [0.1, 0.15) is 49.1 Å². The van der Waals surface area contributed by atoms with Crippen LogP contribution in [0.25, 0.3) is 0 Å². The summed E-state index contributed by atoms with van der Waals surface area (Å²) < 4.78 is 0. The molecule has 24 heavy (non-hydrogen) atoms. The molecule has 0 atom stereocenters. The van der Waals surface area contributed by atoms with Crippen LogP contribution >= 0.6 is 0 Å². The Morgan fingerprint density at radius 3 is 2.25 bits per heavy atom. The smallest absolute Gasteiger partial charge is 0.115 e. The molecule has 1 fully saturated rings. The van der Waals surface area contributed by atoms with Crippen molar-refractivity contribution < 1.29 is 5.11 Å². The first-order valence-electron chi connectivity index (χ1n) is 9.25. The maximum Gasteiger partial charge on any atom is 0.115 e. The average molecular weight is 323 g/mol. The van der Waals surface area contributed by atoms with E-state index in [1.54, 1.807) is 0 Å². The van der Waals surface area contributed by atoms with Crippen LogP contribution in [0.3, 0.4) is 0 Å². The maximum absolute atomic E-state index is 9.43. The lowest BCUT2D eigenvalue weighted by molar-refractivity contribution is 0.181. The van der Waals surface area contributed by atoms with Gasteiger partial charge >= 0.3 is 0 Å². The molecule has 2 nitrogen and oxygen atoms in total. The first-order chi connectivity index (χ1) is 11.7. The molecule has 128 valence electrons. The van der Waals surface area contributed by atoms with Crippen molar-refractivity contribution in [3.8, 4) is 5.75 Å². The van der Waals surface area contributed by atoms with Gasteiger partial charge in [0.05, 0.1) is 0 Å². The Hall–Kier alpha value is -1.80. The van der Waals surface area contributed by atoms with Gasteiger partial charge in [0, 0.05) is 6.04 Å². The fourth-order valence-corrected chi connectivity index (χ4v) is 3.96. The van der Waals surface area contributed by atoms with E-state index in [9.17, 15) is 5.11 Å². The van der Waals surface area contributed by atoms with Crippen molar-refractivity contribution in [1.82, 2.24) is 4.90 Å². The van der Waals surface area contributed by atoms with Crippen LogP contribution in [-0.4, -0.2) is 29.6 Å². The molecule has 3 rings (SSSR count). The number of hydrogen-bond donors (Lipinski definition) is 1. The number of phenols is 1. The normalized spacial score (nSPS) is 21.1. The lowest BCUT2D eigenvalue weighted by Crippen LogP contribution is -2.35. The molecule has 0 saturated heterocycles. The largest absolute Gasteiger partial charge is 0.508 e. The standard InChI is InChI=1S/C22H29NO/c1-23(17-5-8-18-6-3-2-4-7-18)21-13-9-19(10-14-21)20-11-15-22(24)16-12-20/h2-4,6-7,11-12,15-16,19,21,24H,5,8-10,13-14,17H2,1H3/t19-,21+. The van der Waals surface area contributed by atoms with Gasteiger partial charge in [0.1, 0.15) is 5.75 Å². The van der Waals surface area contributed by atoms with Crippen molar-refractivity contribution in [3.63, 3.8) is 0 Å². The topological polar surface area (TPSA) is 23.5 Å². The van der Waals surface area contributed by atoms with Crippen molar-refractivity contribution in [2.75, 3.05) is 13.6 Å². The minimum absolute atomic E-state index is 0.366. The zero-order valence-electron chi connectivity index (χ0n) is 14.7. The lowest BCUT2D eigenvalue weighted by atomic mass is 9.81. The molecule has 0 bridgehead atoms. The monoisotopic (exact) mass is 323 g/mol. The second-order valence-electron chi connectivity index (χ2n) is 7.17. The Morgan fingerprint density at radius 1 is 0.917 bits per heavy atom. The molecule has 2 aromatic rings. The quantitative estimate of drug-likeness (QED) is 0.810. The molecule has 0 spiro atoms. The van der Waals surface area contributed by atoms with E-state index in [4.69, 9.17) is 0 Å². The van der Waals surface area contributed by atoms with Gasteiger partial charge in [-0.05, 0) is 81.3 Å². The number of nitrogens with zero attached hydrogens (tertiary/aromatic N) is 1. The van der Waals surface area contributed by atoms with E-state index in [2.05, 4.69) is 54.4 Å². The number of benzene rings is 2. The Kier molecular flexibility index (Phi) is 5.92. The second-order valence-corrected chi connectivity index (χ2v) is 7.17. The molecule has 0 unspecified atom stereocenters. The summed E-state index contributed by atoms with van der Waals surface area (Å²) in [6, 6.07) is 19.3. The number of hydrogen-bond acceptors (Lipinski definition) is 2. The lowest BCUT2D eigenvalue weighted by Gasteiger charge is -2.35. The minimum Gasteiger partial charge on any atom is -0.508 e. The fraction of sp³-hybridized carbons (Fsp3) is 0.455. The number of rotatable bonds is 6. The highest BCUT2D eigenvalue weighted by Gasteiger charge is 2.24. The number of phenolic OH excluding ortho intramolecular Hbond substituents is 1. The summed E-state index contributed by atoms with van der Waals surface area (Å²) >= 11 is 0. The molecule has 0 amide bonds. The van der Waals surface area contributed by atoms with E-state index in [0.717, 1.165) is 6.04 Å². The Bertz CT molecular complexity index is 600. The van der Waals surface area contributed by atoms with Gasteiger partial charge in [-0.2, -0.15) is 0 Å². The Balaban J connectivity index is 1.41. The summed E-state index contributed by atoms with van der Waals surface area (Å²) in [7, 11) is 2.29. The highest BCUT2D eigenvalue weighted by Crippen LogP contribution is 2.35. The van der Waals surface area contributed by atoms with Gasteiger partial charge < -0.3 is 10.0 Å². The molecular weight excluding hydrogens is 294 g/mol. The number of aromatic hydroxyl groups is 1. The third kappa shape index (κ3) is 4.61. The van der Waals surface area contributed by atoms with Crippen molar-refractivity contribution in [1.29, 1.82) is 0 Å². The van der Waals surface area contributed by atoms with Crippen molar-refractivity contribution in [2.45, 2.75) is 50.5 Å². The summed E-state index contributed by atoms with van der Waals surface area (Å²) in [4.78, 5) is 2.57. The molecule has 0 radical (unpaired) electrons. The third-order valence-corrected chi connectivity index (χ3v) is 5.50. The Labute approximate surface area is 146 Å². The fourth-order valence-electron chi connectivity index (χ4n) is 3.96. The van der Waals surface area contributed by atoms with Gasteiger partial charge in [0.15, 0.2) is 0 Å². The first-order valence-corrected chi connectivity index (χ1v) is 9.25. The third-order valence-electron chi connectivity index (χ3n) is 5.50. The van der Waals surface area contributed by atoms with E-state index in [-0.39, 0.29) is 0 Å². The molecule has 1 aliphatic carbocycles. The summed E-state index contributed by atoms with van der Waals surface area (Å²) in [5.74, 6) is 1.03. The predicted molar refractivity (Wildman–Crippen MR) is 100 cm³/mol. The van der Waals surface area contributed by atoms with Crippen molar-refractivity contribution >= 4 is 0 Å². The molecule has 2 aromatic carbocycles. The van der Waals surface area contributed by atoms with E-state index in [1.165, 1.54) is 56.2 Å². The zero-order chi connectivity index (χ0) is 16.8. The number of aryl methyl sites for hydroxylation is 1.